The van der Waals surface area contributed by atoms with E-state index in [0.29, 0.717) is 24.4 Å². The van der Waals surface area contributed by atoms with Crippen molar-refractivity contribution in [1.29, 1.82) is 0 Å². The number of hydrogen-bond acceptors (Lipinski definition) is 2. The van der Waals surface area contributed by atoms with Crippen LogP contribution in [0.1, 0.15) is 27.2 Å². The van der Waals surface area contributed by atoms with Crippen LogP contribution >= 0.6 is 0 Å². The first-order valence-corrected chi connectivity index (χ1v) is 6.17. The van der Waals surface area contributed by atoms with E-state index in [0.717, 1.165) is 19.5 Å². The molecule has 0 aromatic rings. The average molecular weight is 227 g/mol. The molecule has 0 aromatic heterocycles. The highest BCUT2D eigenvalue weighted by atomic mass is 16.2. The third-order valence-electron chi connectivity index (χ3n) is 3.23. The van der Waals surface area contributed by atoms with E-state index in [1.54, 1.807) is 0 Å². The molecule has 1 heterocycles. The molecule has 2 N–H and O–H groups in total. The fourth-order valence-electron chi connectivity index (χ4n) is 2.21. The third kappa shape index (κ3) is 3.11. The Hall–Kier alpha value is -0.770. The molecule has 2 amide bonds. The number of rotatable bonds is 5. The van der Waals surface area contributed by atoms with Gasteiger partial charge in [0, 0.05) is 20.1 Å². The zero-order valence-corrected chi connectivity index (χ0v) is 10.9. The Labute approximate surface area is 98.8 Å². The monoisotopic (exact) mass is 227 g/mol. The van der Waals surface area contributed by atoms with Crippen LogP contribution in [-0.4, -0.2) is 48.6 Å². The number of likely N-dealkylation sites (N-methyl/N-ethyl adjacent to an activating group) is 1. The molecule has 0 saturated carbocycles. The molecular weight excluding hydrogens is 202 g/mol. The van der Waals surface area contributed by atoms with E-state index in [4.69, 9.17) is 5.73 Å². The molecule has 1 fully saturated rings. The molecule has 0 spiro atoms. The summed E-state index contributed by atoms with van der Waals surface area (Å²) in [5, 5.41) is 0. The molecule has 0 bridgehead atoms. The van der Waals surface area contributed by atoms with Gasteiger partial charge in [-0.1, -0.05) is 20.8 Å². The van der Waals surface area contributed by atoms with Crippen molar-refractivity contribution in [3.05, 3.63) is 0 Å². The number of urea groups is 1. The summed E-state index contributed by atoms with van der Waals surface area (Å²) in [5.41, 5.74) is 5.59. The molecule has 0 aliphatic carbocycles. The zero-order chi connectivity index (χ0) is 12.3. The van der Waals surface area contributed by atoms with Crippen LogP contribution in [0.5, 0.6) is 0 Å². The van der Waals surface area contributed by atoms with Crippen LogP contribution in [0.2, 0.25) is 0 Å². The summed E-state index contributed by atoms with van der Waals surface area (Å²) < 4.78 is 0. The van der Waals surface area contributed by atoms with Gasteiger partial charge in [-0.3, -0.25) is 0 Å². The predicted octanol–water partition coefficient (Wildman–Crippen LogP) is 1.36. The van der Waals surface area contributed by atoms with Gasteiger partial charge in [-0.05, 0) is 24.8 Å². The van der Waals surface area contributed by atoms with Crippen molar-refractivity contribution in [3.63, 3.8) is 0 Å². The lowest BCUT2D eigenvalue weighted by Gasteiger charge is -2.19. The standard InChI is InChI=1S/C12H25N3O/c1-9(2)5-11-8-15(7-10(3)6-13)12(16)14(11)4/h9-11H,5-8,13H2,1-4H3. The van der Waals surface area contributed by atoms with Crippen LogP contribution in [0.3, 0.4) is 0 Å². The van der Waals surface area contributed by atoms with Gasteiger partial charge in [0.25, 0.3) is 0 Å². The Bertz CT molecular complexity index is 242. The lowest BCUT2D eigenvalue weighted by atomic mass is 10.0. The van der Waals surface area contributed by atoms with Crippen LogP contribution in [0.4, 0.5) is 4.79 Å². The molecule has 1 aliphatic heterocycles. The maximum atomic E-state index is 12.0. The number of amides is 2. The lowest BCUT2D eigenvalue weighted by Crippen LogP contribution is -2.35. The van der Waals surface area contributed by atoms with E-state index in [1.165, 1.54) is 0 Å². The Morgan fingerprint density at radius 2 is 2.06 bits per heavy atom. The van der Waals surface area contributed by atoms with E-state index in [-0.39, 0.29) is 6.03 Å². The molecule has 2 unspecified atom stereocenters. The van der Waals surface area contributed by atoms with Gasteiger partial charge >= 0.3 is 6.03 Å². The summed E-state index contributed by atoms with van der Waals surface area (Å²) in [4.78, 5) is 15.8. The minimum Gasteiger partial charge on any atom is -0.330 e. The van der Waals surface area contributed by atoms with E-state index in [1.807, 2.05) is 16.8 Å². The van der Waals surface area contributed by atoms with E-state index < -0.39 is 0 Å². The predicted molar refractivity (Wildman–Crippen MR) is 66.2 cm³/mol. The summed E-state index contributed by atoms with van der Waals surface area (Å²) in [5.74, 6) is 1.02. The van der Waals surface area contributed by atoms with Crippen LogP contribution in [-0.2, 0) is 0 Å². The number of hydrogen-bond donors (Lipinski definition) is 1. The summed E-state index contributed by atoms with van der Waals surface area (Å²) >= 11 is 0. The largest absolute Gasteiger partial charge is 0.330 e. The van der Waals surface area contributed by atoms with Gasteiger partial charge in [0.2, 0.25) is 0 Å². The fourth-order valence-corrected chi connectivity index (χ4v) is 2.21. The second-order valence-electron chi connectivity index (χ2n) is 5.42. The van der Waals surface area contributed by atoms with Crippen LogP contribution in [0.25, 0.3) is 0 Å². The van der Waals surface area contributed by atoms with Crippen molar-refractivity contribution in [2.45, 2.75) is 33.2 Å². The van der Waals surface area contributed by atoms with Crippen molar-refractivity contribution in [2.75, 3.05) is 26.7 Å². The molecule has 94 valence electrons. The molecule has 4 heteroatoms. The van der Waals surface area contributed by atoms with Crippen molar-refractivity contribution < 1.29 is 4.79 Å². The Morgan fingerprint density at radius 1 is 1.44 bits per heavy atom. The van der Waals surface area contributed by atoms with Gasteiger partial charge in [0.05, 0.1) is 6.04 Å². The van der Waals surface area contributed by atoms with Crippen molar-refractivity contribution in [1.82, 2.24) is 9.80 Å². The van der Waals surface area contributed by atoms with Gasteiger partial charge in [0.1, 0.15) is 0 Å². The topological polar surface area (TPSA) is 49.6 Å². The fraction of sp³-hybridized carbons (Fsp3) is 0.917. The summed E-state index contributed by atoms with van der Waals surface area (Å²) in [7, 11) is 1.91. The highest BCUT2D eigenvalue weighted by Crippen LogP contribution is 2.20. The molecule has 1 aliphatic rings. The van der Waals surface area contributed by atoms with Crippen LogP contribution in [0.15, 0.2) is 0 Å². The molecule has 1 saturated heterocycles. The first-order chi connectivity index (χ1) is 7.45. The van der Waals surface area contributed by atoms with Gasteiger partial charge in [-0.25, -0.2) is 4.79 Å². The van der Waals surface area contributed by atoms with Crippen molar-refractivity contribution in [2.24, 2.45) is 17.6 Å². The molecule has 1 rings (SSSR count). The summed E-state index contributed by atoms with van der Waals surface area (Å²) in [6.45, 7) is 8.77. The van der Waals surface area contributed by atoms with Gasteiger partial charge in [0.15, 0.2) is 0 Å². The van der Waals surface area contributed by atoms with E-state index in [2.05, 4.69) is 20.8 Å². The second kappa shape index (κ2) is 5.53. The van der Waals surface area contributed by atoms with Crippen molar-refractivity contribution >= 4 is 6.03 Å². The number of nitrogens with two attached hydrogens (primary N) is 1. The number of carbonyl (C=O) groups excluding carboxylic acids is 1. The normalized spacial score (nSPS) is 23.4. The average Bonchev–Trinajstić information content (AvgIpc) is 2.46. The van der Waals surface area contributed by atoms with Gasteiger partial charge < -0.3 is 15.5 Å². The Balaban J connectivity index is 2.54. The highest BCUT2D eigenvalue weighted by molar-refractivity contribution is 5.76. The van der Waals surface area contributed by atoms with Gasteiger partial charge in [-0.15, -0.1) is 0 Å². The number of nitrogens with zero attached hydrogens (tertiary/aromatic N) is 2. The maximum absolute atomic E-state index is 12.0. The SMILES string of the molecule is CC(C)CC1CN(CC(C)CN)C(=O)N1C. The maximum Gasteiger partial charge on any atom is 0.320 e. The van der Waals surface area contributed by atoms with Crippen LogP contribution in [0, 0.1) is 11.8 Å². The molecule has 2 atom stereocenters. The summed E-state index contributed by atoms with van der Waals surface area (Å²) in [6, 6.07) is 0.531. The lowest BCUT2D eigenvalue weighted by molar-refractivity contribution is 0.190. The van der Waals surface area contributed by atoms with E-state index >= 15 is 0 Å². The quantitative estimate of drug-likeness (QED) is 0.771. The number of carbonyl (C=O) groups is 1. The van der Waals surface area contributed by atoms with Crippen molar-refractivity contribution in [3.8, 4) is 0 Å². The minimum atomic E-state index is 0.158. The smallest absolute Gasteiger partial charge is 0.320 e. The molecule has 0 aromatic carbocycles. The zero-order valence-electron chi connectivity index (χ0n) is 10.9. The Kier molecular flexibility index (Phi) is 4.59. The summed E-state index contributed by atoms with van der Waals surface area (Å²) in [6.07, 6.45) is 1.08. The Morgan fingerprint density at radius 3 is 2.56 bits per heavy atom. The van der Waals surface area contributed by atoms with E-state index in [9.17, 15) is 4.79 Å². The first-order valence-electron chi connectivity index (χ1n) is 6.17. The molecule has 0 radical (unpaired) electrons. The first kappa shape index (κ1) is 13.3. The molecular formula is C12H25N3O. The molecule has 16 heavy (non-hydrogen) atoms. The third-order valence-corrected chi connectivity index (χ3v) is 3.23. The highest BCUT2D eigenvalue weighted by Gasteiger charge is 2.34. The minimum absolute atomic E-state index is 0.158. The second-order valence-corrected chi connectivity index (χ2v) is 5.42. The molecule has 4 nitrogen and oxygen atoms in total. The van der Waals surface area contributed by atoms with Crippen LogP contribution < -0.4 is 5.73 Å². The van der Waals surface area contributed by atoms with Gasteiger partial charge in [-0.2, -0.15) is 0 Å².